The molecule has 0 fully saturated rings. The molecule has 0 spiro atoms. The SMILES string of the molecule is Br.Br.NC(N)=S.NC(N)=S. The Bertz CT molecular complexity index is 77.3. The molecule has 0 bridgehead atoms. The van der Waals surface area contributed by atoms with Crippen molar-refractivity contribution in [2.75, 3.05) is 0 Å². The first kappa shape index (κ1) is 22.4. The van der Waals surface area contributed by atoms with Crippen LogP contribution in [0.5, 0.6) is 0 Å². The van der Waals surface area contributed by atoms with E-state index in [9.17, 15) is 0 Å². The summed E-state index contributed by atoms with van der Waals surface area (Å²) in [7, 11) is 0. The van der Waals surface area contributed by atoms with Gasteiger partial charge in [-0.25, -0.2) is 0 Å². The number of hydrogen-bond acceptors (Lipinski definition) is 2. The Kier molecular flexibility index (Phi) is 36.3. The second kappa shape index (κ2) is 16.2. The Morgan fingerprint density at radius 1 is 0.700 bits per heavy atom. The molecule has 0 saturated heterocycles. The molecule has 0 rings (SSSR count). The molecule has 0 radical (unpaired) electrons. The maximum absolute atomic E-state index is 4.62. The van der Waals surface area contributed by atoms with Crippen LogP contribution in [0.3, 0.4) is 0 Å². The van der Waals surface area contributed by atoms with Gasteiger partial charge in [-0.15, -0.1) is 34.0 Å². The largest absolute Gasteiger partial charge is 0.377 e. The van der Waals surface area contributed by atoms with Crippen molar-refractivity contribution in [2.45, 2.75) is 0 Å². The minimum Gasteiger partial charge on any atom is -0.377 e. The summed E-state index contributed by atoms with van der Waals surface area (Å²) < 4.78 is 0. The number of halogens is 2. The fourth-order valence-electron chi connectivity index (χ4n) is 0. The van der Waals surface area contributed by atoms with Gasteiger partial charge in [0.15, 0.2) is 10.2 Å². The van der Waals surface area contributed by atoms with E-state index in [2.05, 4.69) is 47.4 Å². The lowest BCUT2D eigenvalue weighted by Gasteiger charge is -1.68. The van der Waals surface area contributed by atoms with E-state index in [4.69, 9.17) is 0 Å². The molecular formula is C2H10Br2N4S2. The second-order valence-corrected chi connectivity index (χ2v) is 1.75. The lowest BCUT2D eigenvalue weighted by atomic mass is 11.3. The predicted octanol–water partition coefficient (Wildman–Crippen LogP) is -0.467. The van der Waals surface area contributed by atoms with Crippen LogP contribution in [0.4, 0.5) is 0 Å². The highest BCUT2D eigenvalue weighted by Gasteiger charge is 1.53. The molecule has 0 aliphatic rings. The highest BCUT2D eigenvalue weighted by molar-refractivity contribution is 8.93. The van der Waals surface area contributed by atoms with E-state index >= 15 is 0 Å². The monoisotopic (exact) mass is 312 g/mol. The van der Waals surface area contributed by atoms with E-state index in [1.807, 2.05) is 0 Å². The third-order valence-electron chi connectivity index (χ3n) is 0. The summed E-state index contributed by atoms with van der Waals surface area (Å²) in [5, 5.41) is 0.000000000000000444. The average molecular weight is 314 g/mol. The van der Waals surface area contributed by atoms with Gasteiger partial charge in [-0.05, 0) is 24.4 Å². The minimum absolute atomic E-state index is 0. The second-order valence-electron chi connectivity index (χ2n) is 0.805. The molecule has 0 amide bonds. The number of thiocarbonyl (C=S) groups is 2. The third kappa shape index (κ3) is 3890. The van der Waals surface area contributed by atoms with Gasteiger partial charge in [-0.2, -0.15) is 0 Å². The van der Waals surface area contributed by atoms with Crippen LogP contribution >= 0.6 is 58.4 Å². The molecular weight excluding hydrogens is 304 g/mol. The van der Waals surface area contributed by atoms with E-state index in [1.54, 1.807) is 0 Å². The number of nitrogens with two attached hydrogens (primary N) is 4. The summed E-state index contributed by atoms with van der Waals surface area (Å²) >= 11 is 8.19. The molecule has 0 aromatic carbocycles. The number of rotatable bonds is 0. The normalized spacial score (nSPS) is 4.80. The summed E-state index contributed by atoms with van der Waals surface area (Å²) in [5.74, 6) is 0. The molecule has 4 nitrogen and oxygen atoms in total. The molecule has 0 aliphatic carbocycles. The zero-order valence-electron chi connectivity index (χ0n) is 4.94. The van der Waals surface area contributed by atoms with Gasteiger partial charge < -0.3 is 22.9 Å². The lowest BCUT2D eigenvalue weighted by molar-refractivity contribution is 1.65. The first-order chi connectivity index (χ1) is 3.46. The van der Waals surface area contributed by atoms with Gasteiger partial charge in [0.1, 0.15) is 0 Å². The van der Waals surface area contributed by atoms with E-state index in [0.29, 0.717) is 0 Å². The van der Waals surface area contributed by atoms with Crippen molar-refractivity contribution >= 4 is 68.6 Å². The first-order valence-corrected chi connectivity index (χ1v) is 2.38. The van der Waals surface area contributed by atoms with Crippen molar-refractivity contribution in [3.63, 3.8) is 0 Å². The van der Waals surface area contributed by atoms with Crippen molar-refractivity contribution in [1.29, 1.82) is 0 Å². The Morgan fingerprint density at radius 3 is 0.700 bits per heavy atom. The summed E-state index contributed by atoms with van der Waals surface area (Å²) in [6.07, 6.45) is 0. The van der Waals surface area contributed by atoms with E-state index in [0.717, 1.165) is 0 Å². The topological polar surface area (TPSA) is 104 Å². The van der Waals surface area contributed by atoms with Gasteiger partial charge in [-0.3, -0.25) is 0 Å². The predicted molar refractivity (Wildman–Crippen MR) is 62.6 cm³/mol. The van der Waals surface area contributed by atoms with E-state index in [1.165, 1.54) is 0 Å². The first-order valence-electron chi connectivity index (χ1n) is 1.56. The molecule has 0 aromatic heterocycles. The molecule has 0 saturated carbocycles. The third-order valence-corrected chi connectivity index (χ3v) is 0. The fraction of sp³-hybridized carbons (Fsp3) is 0. The van der Waals surface area contributed by atoms with Crippen molar-refractivity contribution in [1.82, 2.24) is 0 Å². The van der Waals surface area contributed by atoms with Gasteiger partial charge in [-0.1, -0.05) is 0 Å². The van der Waals surface area contributed by atoms with Crippen LogP contribution in [-0.2, 0) is 0 Å². The molecule has 64 valence electrons. The standard InChI is InChI=1S/2CH4N2S.2BrH/c2*2-1(3)4;;/h2*(H4,2,3,4);2*1H. The molecule has 0 atom stereocenters. The van der Waals surface area contributed by atoms with Crippen molar-refractivity contribution in [2.24, 2.45) is 22.9 Å². The zero-order valence-corrected chi connectivity index (χ0v) is 10.0. The van der Waals surface area contributed by atoms with E-state index in [-0.39, 0.29) is 44.2 Å². The van der Waals surface area contributed by atoms with Gasteiger partial charge in [0.05, 0.1) is 0 Å². The van der Waals surface area contributed by atoms with Gasteiger partial charge in [0.25, 0.3) is 0 Å². The highest BCUT2D eigenvalue weighted by Crippen LogP contribution is 1.32. The maximum Gasteiger partial charge on any atom is 0.160 e. The van der Waals surface area contributed by atoms with E-state index < -0.39 is 0 Å². The van der Waals surface area contributed by atoms with Crippen LogP contribution in [0, 0.1) is 0 Å². The Labute approximate surface area is 91.2 Å². The van der Waals surface area contributed by atoms with Crippen molar-refractivity contribution in [3.05, 3.63) is 0 Å². The molecule has 0 heterocycles. The molecule has 0 unspecified atom stereocenters. The van der Waals surface area contributed by atoms with Crippen LogP contribution in [-0.4, -0.2) is 10.2 Å². The zero-order chi connectivity index (χ0) is 7.15. The molecule has 8 heteroatoms. The molecule has 0 aliphatic heterocycles. The van der Waals surface area contributed by atoms with Crippen LogP contribution in [0.15, 0.2) is 0 Å². The molecule has 8 N–H and O–H groups in total. The average Bonchev–Trinajstić information content (AvgIpc) is 1.25. The molecule has 10 heavy (non-hydrogen) atoms. The number of hydrogen-bond donors (Lipinski definition) is 4. The van der Waals surface area contributed by atoms with Crippen molar-refractivity contribution in [3.8, 4) is 0 Å². The quantitative estimate of drug-likeness (QED) is 0.451. The van der Waals surface area contributed by atoms with Crippen LogP contribution in [0.1, 0.15) is 0 Å². The summed E-state index contributed by atoms with van der Waals surface area (Å²) in [6.45, 7) is 0. The lowest BCUT2D eigenvalue weighted by Crippen LogP contribution is -2.18. The van der Waals surface area contributed by atoms with Gasteiger partial charge in [0.2, 0.25) is 0 Å². The smallest absolute Gasteiger partial charge is 0.160 e. The van der Waals surface area contributed by atoms with Crippen LogP contribution in [0.2, 0.25) is 0 Å². The maximum atomic E-state index is 4.62. The van der Waals surface area contributed by atoms with Crippen LogP contribution in [0.25, 0.3) is 0 Å². The summed E-state index contributed by atoms with van der Waals surface area (Å²) in [5.41, 5.74) is 18.5. The Balaban J connectivity index is -0.0000000300. The van der Waals surface area contributed by atoms with Gasteiger partial charge in [0, 0.05) is 0 Å². The summed E-state index contributed by atoms with van der Waals surface area (Å²) in [6, 6.07) is 0. The molecule has 0 aromatic rings. The highest BCUT2D eigenvalue weighted by atomic mass is 79.9. The van der Waals surface area contributed by atoms with Crippen LogP contribution < -0.4 is 22.9 Å². The van der Waals surface area contributed by atoms with Gasteiger partial charge >= 0.3 is 0 Å². The Morgan fingerprint density at radius 2 is 0.700 bits per heavy atom. The van der Waals surface area contributed by atoms with Crippen molar-refractivity contribution < 1.29 is 0 Å². The Hall–Kier alpha value is 0.340. The minimum atomic E-state index is 0. The fourth-order valence-corrected chi connectivity index (χ4v) is 0. The summed E-state index contributed by atoms with van der Waals surface area (Å²) in [4.78, 5) is 0.